The Labute approximate surface area is 104 Å². The van der Waals surface area contributed by atoms with Crippen LogP contribution < -0.4 is 0 Å². The van der Waals surface area contributed by atoms with E-state index < -0.39 is 5.82 Å². The van der Waals surface area contributed by atoms with Gasteiger partial charge in [-0.05, 0) is 33.4 Å². The van der Waals surface area contributed by atoms with Crippen LogP contribution in [0.3, 0.4) is 0 Å². The quantitative estimate of drug-likeness (QED) is 0.812. The van der Waals surface area contributed by atoms with Gasteiger partial charge in [0.15, 0.2) is 5.78 Å². The highest BCUT2D eigenvalue weighted by Crippen LogP contribution is 2.24. The van der Waals surface area contributed by atoms with Crippen molar-refractivity contribution in [1.82, 2.24) is 4.98 Å². The molecule has 0 saturated carbocycles. The molecule has 0 fully saturated rings. The first kappa shape index (κ1) is 11.4. The standard InChI is InChI=1S/C11H7BrFNOS/c12-9-1-2-16-11(9)4-10(15)7-3-8(13)6-14-5-7/h1-3,5-6H,4H2. The second kappa shape index (κ2) is 4.84. The molecule has 0 aliphatic heterocycles. The number of carbonyl (C=O) groups is 1. The summed E-state index contributed by atoms with van der Waals surface area (Å²) in [6.45, 7) is 0. The molecule has 16 heavy (non-hydrogen) atoms. The van der Waals surface area contributed by atoms with Gasteiger partial charge in [-0.2, -0.15) is 0 Å². The van der Waals surface area contributed by atoms with Crippen molar-refractivity contribution in [3.8, 4) is 0 Å². The van der Waals surface area contributed by atoms with Gasteiger partial charge in [0.25, 0.3) is 0 Å². The number of hydrogen-bond acceptors (Lipinski definition) is 3. The third-order valence-electron chi connectivity index (χ3n) is 2.04. The van der Waals surface area contributed by atoms with Gasteiger partial charge in [0.2, 0.25) is 0 Å². The second-order valence-corrected chi connectivity index (χ2v) is 5.04. The van der Waals surface area contributed by atoms with Crippen LogP contribution in [0.25, 0.3) is 0 Å². The van der Waals surface area contributed by atoms with E-state index in [-0.39, 0.29) is 12.2 Å². The van der Waals surface area contributed by atoms with Crippen molar-refractivity contribution in [2.24, 2.45) is 0 Å². The minimum atomic E-state index is -0.490. The van der Waals surface area contributed by atoms with Crippen molar-refractivity contribution in [2.75, 3.05) is 0 Å². The first-order valence-electron chi connectivity index (χ1n) is 4.52. The highest BCUT2D eigenvalue weighted by atomic mass is 79.9. The zero-order valence-corrected chi connectivity index (χ0v) is 10.5. The first-order chi connectivity index (χ1) is 7.66. The molecule has 2 heterocycles. The molecule has 0 atom stereocenters. The summed E-state index contributed by atoms with van der Waals surface area (Å²) in [5, 5.41) is 1.90. The van der Waals surface area contributed by atoms with Crippen LogP contribution in [0.5, 0.6) is 0 Å². The monoisotopic (exact) mass is 299 g/mol. The van der Waals surface area contributed by atoms with Gasteiger partial charge in [-0.15, -0.1) is 11.3 Å². The van der Waals surface area contributed by atoms with E-state index in [1.807, 2.05) is 11.4 Å². The van der Waals surface area contributed by atoms with Crippen molar-refractivity contribution in [3.05, 3.63) is 50.6 Å². The lowest BCUT2D eigenvalue weighted by Crippen LogP contribution is -2.03. The van der Waals surface area contributed by atoms with Crippen LogP contribution in [0.2, 0.25) is 0 Å². The molecule has 5 heteroatoms. The summed E-state index contributed by atoms with van der Waals surface area (Å²) in [5.41, 5.74) is 0.306. The average Bonchev–Trinajstić information content (AvgIpc) is 2.64. The summed E-state index contributed by atoms with van der Waals surface area (Å²) < 4.78 is 13.8. The van der Waals surface area contributed by atoms with E-state index in [1.165, 1.54) is 23.6 Å². The largest absolute Gasteiger partial charge is 0.294 e. The Balaban J connectivity index is 2.18. The van der Waals surface area contributed by atoms with Gasteiger partial charge in [0, 0.05) is 27.5 Å². The predicted molar refractivity (Wildman–Crippen MR) is 64.2 cm³/mol. The molecule has 0 radical (unpaired) electrons. The number of ketones is 1. The van der Waals surface area contributed by atoms with E-state index in [1.54, 1.807) is 0 Å². The van der Waals surface area contributed by atoms with E-state index in [2.05, 4.69) is 20.9 Å². The van der Waals surface area contributed by atoms with E-state index in [9.17, 15) is 9.18 Å². The van der Waals surface area contributed by atoms with E-state index in [0.29, 0.717) is 5.56 Å². The number of carbonyl (C=O) groups excluding carboxylic acids is 1. The van der Waals surface area contributed by atoms with Gasteiger partial charge in [-0.25, -0.2) is 4.39 Å². The van der Waals surface area contributed by atoms with Crippen molar-refractivity contribution in [3.63, 3.8) is 0 Å². The number of pyridine rings is 1. The Kier molecular flexibility index (Phi) is 3.46. The number of aromatic nitrogens is 1. The zero-order chi connectivity index (χ0) is 11.5. The smallest absolute Gasteiger partial charge is 0.169 e. The lowest BCUT2D eigenvalue weighted by atomic mass is 10.1. The Hall–Kier alpha value is -1.07. The Morgan fingerprint density at radius 1 is 1.50 bits per heavy atom. The van der Waals surface area contributed by atoms with Gasteiger partial charge in [0.05, 0.1) is 6.20 Å². The van der Waals surface area contributed by atoms with Crippen LogP contribution >= 0.6 is 27.3 Å². The number of halogens is 2. The molecule has 0 bridgehead atoms. The number of hydrogen-bond donors (Lipinski definition) is 0. The maximum Gasteiger partial charge on any atom is 0.169 e. The van der Waals surface area contributed by atoms with E-state index in [4.69, 9.17) is 0 Å². The Morgan fingerprint density at radius 3 is 2.94 bits per heavy atom. The molecule has 2 aromatic rings. The first-order valence-corrected chi connectivity index (χ1v) is 6.19. The highest BCUT2D eigenvalue weighted by Gasteiger charge is 2.11. The van der Waals surface area contributed by atoms with Crippen molar-refractivity contribution in [2.45, 2.75) is 6.42 Å². The van der Waals surface area contributed by atoms with Crippen LogP contribution in [0.4, 0.5) is 4.39 Å². The number of nitrogens with zero attached hydrogens (tertiary/aromatic N) is 1. The minimum absolute atomic E-state index is 0.129. The van der Waals surface area contributed by atoms with Crippen molar-refractivity contribution in [1.29, 1.82) is 0 Å². The van der Waals surface area contributed by atoms with Crippen molar-refractivity contribution < 1.29 is 9.18 Å². The molecular formula is C11H7BrFNOS. The molecule has 0 aliphatic rings. The van der Waals surface area contributed by atoms with Crippen LogP contribution in [0, 0.1) is 5.82 Å². The minimum Gasteiger partial charge on any atom is -0.294 e. The molecule has 0 aromatic carbocycles. The van der Waals surface area contributed by atoms with Gasteiger partial charge in [0.1, 0.15) is 5.82 Å². The molecule has 0 N–H and O–H groups in total. The lowest BCUT2D eigenvalue weighted by Gasteiger charge is -1.99. The Morgan fingerprint density at radius 2 is 2.31 bits per heavy atom. The molecule has 2 rings (SSSR count). The van der Waals surface area contributed by atoms with Crippen LogP contribution in [0.15, 0.2) is 34.4 Å². The second-order valence-electron chi connectivity index (χ2n) is 3.18. The molecule has 82 valence electrons. The fourth-order valence-corrected chi connectivity index (χ4v) is 2.75. The molecule has 0 saturated heterocycles. The highest BCUT2D eigenvalue weighted by molar-refractivity contribution is 9.10. The van der Waals surface area contributed by atoms with E-state index in [0.717, 1.165) is 15.5 Å². The molecule has 0 amide bonds. The molecule has 0 aliphatic carbocycles. The lowest BCUT2D eigenvalue weighted by molar-refractivity contribution is 0.0993. The third-order valence-corrected chi connectivity index (χ3v) is 3.97. The number of thiophene rings is 1. The van der Waals surface area contributed by atoms with Gasteiger partial charge < -0.3 is 0 Å². The molecule has 0 unspecified atom stereocenters. The molecule has 0 spiro atoms. The average molecular weight is 300 g/mol. The fraction of sp³-hybridized carbons (Fsp3) is 0.0909. The zero-order valence-electron chi connectivity index (χ0n) is 8.11. The maximum atomic E-state index is 12.9. The van der Waals surface area contributed by atoms with Gasteiger partial charge in [-0.1, -0.05) is 0 Å². The van der Waals surface area contributed by atoms with Crippen LogP contribution in [0.1, 0.15) is 15.2 Å². The summed E-state index contributed by atoms with van der Waals surface area (Å²) in [5.74, 6) is -0.619. The number of Topliss-reactive ketones (excluding diaryl/α,β-unsaturated/α-hetero) is 1. The molecule has 2 aromatic heterocycles. The predicted octanol–water partition coefficient (Wildman–Crippen LogP) is 3.47. The normalized spacial score (nSPS) is 10.4. The number of rotatable bonds is 3. The van der Waals surface area contributed by atoms with Crippen molar-refractivity contribution >= 4 is 33.0 Å². The molecular weight excluding hydrogens is 293 g/mol. The SMILES string of the molecule is O=C(Cc1sccc1Br)c1cncc(F)c1. The van der Waals surface area contributed by atoms with E-state index >= 15 is 0 Å². The summed E-state index contributed by atoms with van der Waals surface area (Å²) in [4.78, 5) is 16.4. The van der Waals surface area contributed by atoms with Crippen LogP contribution in [-0.4, -0.2) is 10.8 Å². The summed E-state index contributed by atoms with van der Waals surface area (Å²) in [7, 11) is 0. The summed E-state index contributed by atoms with van der Waals surface area (Å²) in [6.07, 6.45) is 2.73. The maximum absolute atomic E-state index is 12.9. The summed E-state index contributed by atoms with van der Waals surface area (Å²) >= 11 is 4.85. The van der Waals surface area contributed by atoms with Gasteiger partial charge >= 0.3 is 0 Å². The van der Waals surface area contributed by atoms with Crippen LogP contribution in [-0.2, 0) is 6.42 Å². The molecule has 2 nitrogen and oxygen atoms in total. The fourth-order valence-electron chi connectivity index (χ4n) is 1.26. The topological polar surface area (TPSA) is 30.0 Å². The Bertz CT molecular complexity index is 526. The third kappa shape index (κ3) is 2.54. The van der Waals surface area contributed by atoms with Gasteiger partial charge in [-0.3, -0.25) is 9.78 Å². The summed E-state index contributed by atoms with van der Waals surface area (Å²) in [6, 6.07) is 3.09.